The van der Waals surface area contributed by atoms with Gasteiger partial charge in [0.1, 0.15) is 0 Å². The van der Waals surface area contributed by atoms with Crippen LogP contribution in [-0.4, -0.2) is 9.78 Å². The average Bonchev–Trinajstić information content (AvgIpc) is 2.79. The Balaban J connectivity index is 2.31. The molecule has 0 spiro atoms. The van der Waals surface area contributed by atoms with Crippen LogP contribution in [0, 0.1) is 17.4 Å². The number of hydrogen-bond donors (Lipinski definition) is 2. The number of nitrogens with two attached hydrogens (primary N) is 1. The third-order valence-corrected chi connectivity index (χ3v) is 4.97. The van der Waals surface area contributed by atoms with Gasteiger partial charge in [0.25, 0.3) is 0 Å². The normalized spacial score (nSPS) is 12.7. The monoisotopic (exact) mass is 384 g/mol. The summed E-state index contributed by atoms with van der Waals surface area (Å²) in [5, 5.41) is 4.50. The topological polar surface area (TPSA) is 55.9 Å². The van der Waals surface area contributed by atoms with Crippen LogP contribution in [0.5, 0.6) is 0 Å². The van der Waals surface area contributed by atoms with E-state index in [9.17, 15) is 0 Å². The number of rotatable bonds is 5. The van der Waals surface area contributed by atoms with Gasteiger partial charge < -0.3 is 0 Å². The molecule has 1 unspecified atom stereocenters. The van der Waals surface area contributed by atoms with E-state index in [0.717, 1.165) is 18.7 Å². The van der Waals surface area contributed by atoms with Gasteiger partial charge in [0.2, 0.25) is 0 Å². The third-order valence-electron chi connectivity index (χ3n) is 3.50. The summed E-state index contributed by atoms with van der Waals surface area (Å²) in [6.07, 6.45) is 0.838. The van der Waals surface area contributed by atoms with Crippen LogP contribution in [0.15, 0.2) is 24.3 Å². The van der Waals surface area contributed by atoms with E-state index >= 15 is 0 Å². The smallest absolute Gasteiger partial charge is 0.0596 e. The van der Waals surface area contributed by atoms with Crippen molar-refractivity contribution in [1.82, 2.24) is 15.2 Å². The first-order chi connectivity index (χ1) is 9.56. The van der Waals surface area contributed by atoms with Gasteiger partial charge in [0.05, 0.1) is 11.7 Å². The number of halogens is 1. The van der Waals surface area contributed by atoms with Crippen molar-refractivity contribution in [3.8, 4) is 0 Å². The summed E-state index contributed by atoms with van der Waals surface area (Å²) in [5.74, 6) is 5.79. The van der Waals surface area contributed by atoms with Gasteiger partial charge in [-0.2, -0.15) is 5.10 Å². The summed E-state index contributed by atoms with van der Waals surface area (Å²) in [6, 6.07) is 8.58. The van der Waals surface area contributed by atoms with E-state index in [1.807, 2.05) is 11.6 Å². The molecule has 0 radical (unpaired) electrons. The van der Waals surface area contributed by atoms with E-state index < -0.39 is 0 Å². The van der Waals surface area contributed by atoms with Crippen molar-refractivity contribution >= 4 is 22.6 Å². The Hall–Kier alpha value is -0.920. The summed E-state index contributed by atoms with van der Waals surface area (Å²) in [6.45, 7) is 7.14. The van der Waals surface area contributed by atoms with Crippen molar-refractivity contribution in [2.75, 3.05) is 0 Å². The van der Waals surface area contributed by atoms with Crippen molar-refractivity contribution < 1.29 is 0 Å². The number of hydrazine groups is 1. The van der Waals surface area contributed by atoms with Gasteiger partial charge in [-0.3, -0.25) is 16.0 Å². The zero-order valence-electron chi connectivity index (χ0n) is 12.2. The SMILES string of the molecule is CCn1nc(C)cc1CC(NN)c1cccc(C)c1I. The van der Waals surface area contributed by atoms with Crippen molar-refractivity contribution in [3.63, 3.8) is 0 Å². The quantitative estimate of drug-likeness (QED) is 0.474. The van der Waals surface area contributed by atoms with Gasteiger partial charge in [0.15, 0.2) is 0 Å². The van der Waals surface area contributed by atoms with Gasteiger partial charge in [0, 0.05) is 22.2 Å². The Morgan fingerprint density at radius 3 is 2.80 bits per heavy atom. The van der Waals surface area contributed by atoms with E-state index in [0.29, 0.717) is 0 Å². The van der Waals surface area contributed by atoms with Gasteiger partial charge >= 0.3 is 0 Å². The Morgan fingerprint density at radius 2 is 2.15 bits per heavy atom. The first kappa shape index (κ1) is 15.5. The molecule has 1 aromatic heterocycles. The molecule has 5 heteroatoms. The van der Waals surface area contributed by atoms with Gasteiger partial charge in [-0.05, 0) is 60.6 Å². The fraction of sp³-hybridized carbons (Fsp3) is 0.400. The Kier molecular flexibility index (Phi) is 5.17. The standard InChI is InChI=1S/C15H21IN4/c1-4-20-12(8-11(3)19-20)9-14(18-17)13-7-5-6-10(2)15(13)16/h5-8,14,18H,4,9,17H2,1-3H3. The number of aromatic nitrogens is 2. The Labute approximate surface area is 133 Å². The number of aryl methyl sites for hydroxylation is 3. The van der Waals surface area contributed by atoms with Gasteiger partial charge in [-0.15, -0.1) is 0 Å². The number of hydrogen-bond acceptors (Lipinski definition) is 3. The molecule has 1 atom stereocenters. The zero-order valence-corrected chi connectivity index (χ0v) is 14.3. The lowest BCUT2D eigenvalue weighted by Gasteiger charge is -2.19. The molecule has 0 aliphatic heterocycles. The highest BCUT2D eigenvalue weighted by Gasteiger charge is 2.17. The lowest BCUT2D eigenvalue weighted by molar-refractivity contribution is 0.515. The molecule has 2 rings (SSSR count). The van der Waals surface area contributed by atoms with Crippen molar-refractivity contribution in [3.05, 3.63) is 50.4 Å². The number of benzene rings is 1. The first-order valence-corrected chi connectivity index (χ1v) is 7.89. The number of nitrogens with one attached hydrogen (secondary N) is 1. The summed E-state index contributed by atoms with van der Waals surface area (Å²) in [5.41, 5.74) is 7.74. The van der Waals surface area contributed by atoms with Crippen LogP contribution in [0.25, 0.3) is 0 Å². The molecule has 4 nitrogen and oxygen atoms in total. The summed E-state index contributed by atoms with van der Waals surface area (Å²) < 4.78 is 3.31. The van der Waals surface area contributed by atoms with E-state index in [4.69, 9.17) is 5.84 Å². The molecule has 108 valence electrons. The molecule has 0 aliphatic carbocycles. The molecule has 0 saturated carbocycles. The van der Waals surface area contributed by atoms with Crippen LogP contribution < -0.4 is 11.3 Å². The first-order valence-electron chi connectivity index (χ1n) is 6.81. The van der Waals surface area contributed by atoms with E-state index in [2.05, 4.69) is 71.2 Å². The van der Waals surface area contributed by atoms with Crippen LogP contribution in [0.4, 0.5) is 0 Å². The predicted octanol–water partition coefficient (Wildman–Crippen LogP) is 2.87. The van der Waals surface area contributed by atoms with E-state index in [1.54, 1.807) is 0 Å². The molecular formula is C15H21IN4. The largest absolute Gasteiger partial charge is 0.271 e. The Morgan fingerprint density at radius 1 is 1.40 bits per heavy atom. The van der Waals surface area contributed by atoms with Gasteiger partial charge in [-0.25, -0.2) is 0 Å². The minimum absolute atomic E-state index is 0.100. The summed E-state index contributed by atoms with van der Waals surface area (Å²) in [7, 11) is 0. The second-order valence-electron chi connectivity index (χ2n) is 4.99. The molecular weight excluding hydrogens is 363 g/mol. The van der Waals surface area contributed by atoms with Crippen LogP contribution in [0.3, 0.4) is 0 Å². The molecule has 0 saturated heterocycles. The highest BCUT2D eigenvalue weighted by atomic mass is 127. The minimum Gasteiger partial charge on any atom is -0.271 e. The van der Waals surface area contributed by atoms with Crippen molar-refractivity contribution in [2.45, 2.75) is 39.8 Å². The van der Waals surface area contributed by atoms with Crippen LogP contribution >= 0.6 is 22.6 Å². The molecule has 0 amide bonds. The van der Waals surface area contributed by atoms with Crippen molar-refractivity contribution in [2.24, 2.45) is 5.84 Å². The fourth-order valence-corrected chi connectivity index (χ4v) is 3.18. The molecule has 2 aromatic rings. The highest BCUT2D eigenvalue weighted by molar-refractivity contribution is 14.1. The minimum atomic E-state index is 0.100. The second kappa shape index (κ2) is 6.69. The molecule has 20 heavy (non-hydrogen) atoms. The lowest BCUT2D eigenvalue weighted by Crippen LogP contribution is -2.31. The average molecular weight is 384 g/mol. The molecule has 0 bridgehead atoms. The van der Waals surface area contributed by atoms with Crippen molar-refractivity contribution in [1.29, 1.82) is 0 Å². The maximum Gasteiger partial charge on any atom is 0.0596 e. The molecule has 0 fully saturated rings. The predicted molar refractivity (Wildman–Crippen MR) is 90.3 cm³/mol. The molecule has 1 aromatic carbocycles. The van der Waals surface area contributed by atoms with E-state index in [-0.39, 0.29) is 6.04 Å². The van der Waals surface area contributed by atoms with Crippen LogP contribution in [0.1, 0.15) is 35.5 Å². The maximum absolute atomic E-state index is 5.79. The number of nitrogens with zero attached hydrogens (tertiary/aromatic N) is 2. The lowest BCUT2D eigenvalue weighted by atomic mass is 10.0. The third kappa shape index (κ3) is 3.21. The second-order valence-corrected chi connectivity index (χ2v) is 6.07. The fourth-order valence-electron chi connectivity index (χ4n) is 2.44. The Bertz CT molecular complexity index is 592. The van der Waals surface area contributed by atoms with Crippen LogP contribution in [0.2, 0.25) is 0 Å². The summed E-state index contributed by atoms with van der Waals surface area (Å²) >= 11 is 2.39. The zero-order chi connectivity index (χ0) is 14.7. The van der Waals surface area contributed by atoms with Crippen LogP contribution in [-0.2, 0) is 13.0 Å². The summed E-state index contributed by atoms with van der Waals surface area (Å²) in [4.78, 5) is 0. The highest BCUT2D eigenvalue weighted by Crippen LogP contribution is 2.25. The molecule has 0 aliphatic rings. The van der Waals surface area contributed by atoms with Gasteiger partial charge in [-0.1, -0.05) is 18.2 Å². The molecule has 3 N–H and O–H groups in total. The molecule has 1 heterocycles. The van der Waals surface area contributed by atoms with E-state index in [1.165, 1.54) is 20.4 Å². The maximum atomic E-state index is 5.79.